The summed E-state index contributed by atoms with van der Waals surface area (Å²) in [5, 5.41) is 7.47. The van der Waals surface area contributed by atoms with Crippen LogP contribution in [0.25, 0.3) is 11.4 Å². The highest BCUT2D eigenvalue weighted by atomic mass is 32.2. The minimum Gasteiger partial charge on any atom is -0.496 e. The molecule has 0 aliphatic heterocycles. The lowest BCUT2D eigenvalue weighted by molar-refractivity contribution is 0.411. The summed E-state index contributed by atoms with van der Waals surface area (Å²) in [6, 6.07) is 14.3. The lowest BCUT2D eigenvalue weighted by Gasteiger charge is -2.05. The van der Waals surface area contributed by atoms with Gasteiger partial charge in [-0.25, -0.2) is 9.37 Å². The molecule has 0 aliphatic rings. The highest BCUT2D eigenvalue weighted by Gasteiger charge is 2.11. The van der Waals surface area contributed by atoms with E-state index in [1.54, 1.807) is 25.3 Å². The fourth-order valence-corrected chi connectivity index (χ4v) is 2.84. The number of H-pyrrole nitrogens is 1. The maximum atomic E-state index is 13.7. The number of aromatic amines is 1. The Morgan fingerprint density at radius 1 is 1.14 bits per heavy atom. The Bertz CT molecular complexity index is 775. The van der Waals surface area contributed by atoms with E-state index in [1.807, 2.05) is 24.3 Å². The summed E-state index contributed by atoms with van der Waals surface area (Å²) >= 11 is 1.47. The summed E-state index contributed by atoms with van der Waals surface area (Å²) in [4.78, 5) is 4.33. The molecule has 0 spiro atoms. The molecule has 0 atom stereocenters. The van der Waals surface area contributed by atoms with E-state index in [0.717, 1.165) is 11.3 Å². The lowest BCUT2D eigenvalue weighted by atomic mass is 10.2. The van der Waals surface area contributed by atoms with Gasteiger partial charge in [-0.15, -0.1) is 5.10 Å². The third-order valence-electron chi connectivity index (χ3n) is 3.14. The number of thioether (sulfide) groups is 1. The van der Waals surface area contributed by atoms with E-state index in [-0.39, 0.29) is 5.82 Å². The number of nitrogens with one attached hydrogen (secondary N) is 1. The minimum atomic E-state index is -0.320. The zero-order valence-electron chi connectivity index (χ0n) is 11.9. The van der Waals surface area contributed by atoms with Crippen molar-refractivity contribution in [1.82, 2.24) is 15.2 Å². The van der Waals surface area contributed by atoms with Crippen molar-refractivity contribution in [3.8, 4) is 17.1 Å². The number of ether oxygens (including phenoxy) is 1. The van der Waals surface area contributed by atoms with Gasteiger partial charge in [0, 0.05) is 11.3 Å². The summed E-state index contributed by atoms with van der Waals surface area (Å²) in [5.41, 5.74) is 1.48. The van der Waals surface area contributed by atoms with Gasteiger partial charge in [0.15, 0.2) is 5.82 Å². The van der Waals surface area contributed by atoms with E-state index >= 15 is 0 Å². The third-order valence-corrected chi connectivity index (χ3v) is 4.04. The predicted octanol–water partition coefficient (Wildman–Crippen LogP) is 3.91. The Morgan fingerprint density at radius 3 is 2.73 bits per heavy atom. The van der Waals surface area contributed by atoms with Gasteiger partial charge in [0.05, 0.1) is 12.7 Å². The van der Waals surface area contributed by atoms with E-state index in [1.165, 1.54) is 17.8 Å². The molecule has 1 aromatic heterocycles. The van der Waals surface area contributed by atoms with Crippen molar-refractivity contribution in [3.63, 3.8) is 0 Å². The van der Waals surface area contributed by atoms with Gasteiger partial charge in [-0.3, -0.25) is 5.10 Å². The Labute approximate surface area is 131 Å². The van der Waals surface area contributed by atoms with Gasteiger partial charge in [0.2, 0.25) is 5.16 Å². The molecule has 0 fully saturated rings. The topological polar surface area (TPSA) is 50.8 Å². The number of methoxy groups -OCH3 is 1. The summed E-state index contributed by atoms with van der Waals surface area (Å²) in [6.07, 6.45) is 0. The highest BCUT2D eigenvalue weighted by Crippen LogP contribution is 2.27. The van der Waals surface area contributed by atoms with Crippen LogP contribution in [0.5, 0.6) is 5.75 Å². The summed E-state index contributed by atoms with van der Waals surface area (Å²) in [5.74, 6) is 1.62. The van der Waals surface area contributed by atoms with Crippen LogP contribution in [0, 0.1) is 5.82 Å². The molecule has 0 radical (unpaired) electrons. The van der Waals surface area contributed by atoms with E-state index in [9.17, 15) is 4.39 Å². The van der Waals surface area contributed by atoms with Crippen molar-refractivity contribution in [2.75, 3.05) is 7.11 Å². The first kappa shape index (κ1) is 14.6. The van der Waals surface area contributed by atoms with Crippen molar-refractivity contribution in [2.45, 2.75) is 10.9 Å². The second kappa shape index (κ2) is 6.62. The summed E-state index contributed by atoms with van der Waals surface area (Å²) in [6.45, 7) is 0. The number of hydrogen-bond donors (Lipinski definition) is 1. The van der Waals surface area contributed by atoms with Crippen LogP contribution < -0.4 is 4.74 Å². The fraction of sp³-hybridized carbons (Fsp3) is 0.125. The van der Waals surface area contributed by atoms with E-state index in [4.69, 9.17) is 4.74 Å². The first-order valence-electron chi connectivity index (χ1n) is 6.70. The minimum absolute atomic E-state index is 0.320. The van der Waals surface area contributed by atoms with Crippen LogP contribution in [0.2, 0.25) is 0 Å². The molecule has 0 aliphatic carbocycles. The number of nitrogens with zero attached hydrogens (tertiary/aromatic N) is 2. The Morgan fingerprint density at radius 2 is 1.91 bits per heavy atom. The second-order valence-corrected chi connectivity index (χ2v) is 5.49. The van der Waals surface area contributed by atoms with Crippen molar-refractivity contribution >= 4 is 11.8 Å². The zero-order valence-corrected chi connectivity index (χ0v) is 12.7. The van der Waals surface area contributed by atoms with Gasteiger partial charge < -0.3 is 4.74 Å². The first-order valence-corrected chi connectivity index (χ1v) is 7.68. The standard InChI is InChI=1S/C16H14FN3OS/c1-21-14-9-5-2-6-11(14)10-22-16-18-15(19-20-16)12-7-3-4-8-13(12)17/h2-9H,10H2,1H3,(H,18,19,20). The molecule has 6 heteroatoms. The van der Waals surface area contributed by atoms with Crippen molar-refractivity contribution in [3.05, 3.63) is 59.9 Å². The number of hydrogen-bond acceptors (Lipinski definition) is 4. The Hall–Kier alpha value is -2.34. The van der Waals surface area contributed by atoms with Gasteiger partial charge in [-0.2, -0.15) is 0 Å². The summed E-state index contributed by atoms with van der Waals surface area (Å²) in [7, 11) is 1.65. The van der Waals surface area contributed by atoms with Crippen LogP contribution in [0.1, 0.15) is 5.56 Å². The van der Waals surface area contributed by atoms with Crippen LogP contribution >= 0.6 is 11.8 Å². The number of para-hydroxylation sites is 1. The molecule has 22 heavy (non-hydrogen) atoms. The molecule has 0 amide bonds. The van der Waals surface area contributed by atoms with Crippen molar-refractivity contribution < 1.29 is 9.13 Å². The third kappa shape index (κ3) is 3.12. The quantitative estimate of drug-likeness (QED) is 0.725. The average Bonchev–Trinajstić information content (AvgIpc) is 3.02. The molecule has 3 rings (SSSR count). The average molecular weight is 315 g/mol. The van der Waals surface area contributed by atoms with Crippen LogP contribution in [-0.2, 0) is 5.75 Å². The smallest absolute Gasteiger partial charge is 0.209 e. The van der Waals surface area contributed by atoms with Crippen LogP contribution in [0.15, 0.2) is 53.7 Å². The summed E-state index contributed by atoms with van der Waals surface area (Å²) < 4.78 is 19.0. The Kier molecular flexibility index (Phi) is 4.39. The van der Waals surface area contributed by atoms with Crippen LogP contribution in [0.4, 0.5) is 4.39 Å². The molecule has 1 heterocycles. The van der Waals surface area contributed by atoms with E-state index in [0.29, 0.717) is 22.3 Å². The van der Waals surface area contributed by atoms with Crippen molar-refractivity contribution in [1.29, 1.82) is 0 Å². The maximum absolute atomic E-state index is 13.7. The van der Waals surface area contributed by atoms with Crippen LogP contribution in [0.3, 0.4) is 0 Å². The van der Waals surface area contributed by atoms with Crippen molar-refractivity contribution in [2.24, 2.45) is 0 Å². The maximum Gasteiger partial charge on any atom is 0.209 e. The molecule has 3 aromatic rings. The predicted molar refractivity (Wildman–Crippen MR) is 84.3 cm³/mol. The number of benzene rings is 2. The normalized spacial score (nSPS) is 10.6. The van der Waals surface area contributed by atoms with Gasteiger partial charge in [0.25, 0.3) is 0 Å². The first-order chi connectivity index (χ1) is 10.8. The zero-order chi connectivity index (χ0) is 15.4. The molecule has 0 bridgehead atoms. The highest BCUT2D eigenvalue weighted by molar-refractivity contribution is 7.98. The van der Waals surface area contributed by atoms with Crippen LogP contribution in [-0.4, -0.2) is 22.3 Å². The molecule has 0 saturated heterocycles. The van der Waals surface area contributed by atoms with Gasteiger partial charge >= 0.3 is 0 Å². The molecule has 4 nitrogen and oxygen atoms in total. The molecule has 1 N–H and O–H groups in total. The second-order valence-electron chi connectivity index (χ2n) is 4.55. The Balaban J connectivity index is 1.74. The lowest BCUT2D eigenvalue weighted by Crippen LogP contribution is -1.90. The fourth-order valence-electron chi connectivity index (χ4n) is 2.05. The molecular formula is C16H14FN3OS. The number of halogens is 1. The molecular weight excluding hydrogens is 301 g/mol. The number of rotatable bonds is 5. The SMILES string of the molecule is COc1ccccc1CSc1n[nH]c(-c2ccccc2F)n1. The van der Waals surface area contributed by atoms with Gasteiger partial charge in [0.1, 0.15) is 11.6 Å². The largest absolute Gasteiger partial charge is 0.496 e. The molecule has 2 aromatic carbocycles. The molecule has 112 valence electrons. The van der Waals surface area contributed by atoms with Gasteiger partial charge in [-0.05, 0) is 18.2 Å². The monoisotopic (exact) mass is 315 g/mol. The van der Waals surface area contributed by atoms with E-state index < -0.39 is 0 Å². The van der Waals surface area contributed by atoms with Gasteiger partial charge in [-0.1, -0.05) is 42.1 Å². The molecule has 0 saturated carbocycles. The molecule has 0 unspecified atom stereocenters. The van der Waals surface area contributed by atoms with E-state index in [2.05, 4.69) is 15.2 Å². The number of aromatic nitrogens is 3.